The molecule has 1 aliphatic heterocycles. The van der Waals surface area contributed by atoms with Crippen molar-refractivity contribution < 1.29 is 34.1 Å². The minimum atomic E-state index is -1.18. The summed E-state index contributed by atoms with van der Waals surface area (Å²) in [5, 5.41) is 21.9. The molecular formula is C28H24N4O7S. The van der Waals surface area contributed by atoms with Crippen molar-refractivity contribution in [3.63, 3.8) is 0 Å². The van der Waals surface area contributed by atoms with Crippen LogP contribution in [0.5, 0.6) is 11.5 Å². The highest BCUT2D eigenvalue weighted by Crippen LogP contribution is 2.45. The van der Waals surface area contributed by atoms with Crippen LogP contribution in [0.3, 0.4) is 0 Å². The first-order valence-electron chi connectivity index (χ1n) is 12.0. The lowest BCUT2D eigenvalue weighted by Crippen LogP contribution is -2.29. The first-order chi connectivity index (χ1) is 19.2. The van der Waals surface area contributed by atoms with E-state index in [0.29, 0.717) is 22.6 Å². The number of aryl methyl sites for hydroxylation is 2. The molecule has 40 heavy (non-hydrogen) atoms. The molecule has 3 aromatic heterocycles. The van der Waals surface area contributed by atoms with E-state index in [9.17, 15) is 24.6 Å². The van der Waals surface area contributed by atoms with Gasteiger partial charge in [0.1, 0.15) is 22.8 Å². The number of methoxy groups -OCH3 is 1. The van der Waals surface area contributed by atoms with Gasteiger partial charge in [0.25, 0.3) is 5.78 Å². The maximum absolute atomic E-state index is 13.6. The van der Waals surface area contributed by atoms with Gasteiger partial charge in [0.15, 0.2) is 22.4 Å². The molecule has 1 amide bonds. The third-order valence-electron chi connectivity index (χ3n) is 6.40. The molecule has 4 aromatic rings. The minimum absolute atomic E-state index is 0.0119. The van der Waals surface area contributed by atoms with Crippen LogP contribution in [-0.2, 0) is 14.3 Å². The summed E-state index contributed by atoms with van der Waals surface area (Å²) < 4.78 is 12.0. The van der Waals surface area contributed by atoms with Crippen molar-refractivity contribution >= 4 is 45.5 Å². The Labute approximate surface area is 232 Å². The zero-order valence-electron chi connectivity index (χ0n) is 21.7. The number of rotatable bonds is 7. The van der Waals surface area contributed by atoms with E-state index in [4.69, 9.17) is 9.47 Å². The van der Waals surface area contributed by atoms with Gasteiger partial charge in [-0.15, -0.1) is 0 Å². The number of ether oxygens (including phenoxy) is 2. The Balaban J connectivity index is 1.74. The molecule has 0 bridgehead atoms. The fourth-order valence-corrected chi connectivity index (χ4v) is 5.60. The molecule has 1 atom stereocenters. The molecular weight excluding hydrogens is 536 g/mol. The van der Waals surface area contributed by atoms with Crippen molar-refractivity contribution in [2.24, 2.45) is 0 Å². The van der Waals surface area contributed by atoms with Gasteiger partial charge in [0, 0.05) is 6.20 Å². The van der Waals surface area contributed by atoms with Gasteiger partial charge in [-0.25, -0.2) is 14.8 Å². The number of nitrogens with zero attached hydrogens (tertiary/aromatic N) is 4. The molecule has 1 aromatic carbocycles. The van der Waals surface area contributed by atoms with E-state index in [2.05, 4.69) is 16.5 Å². The molecule has 0 aliphatic carbocycles. The molecule has 0 saturated carbocycles. The van der Waals surface area contributed by atoms with Gasteiger partial charge < -0.3 is 19.7 Å². The van der Waals surface area contributed by atoms with Crippen molar-refractivity contribution in [2.45, 2.75) is 19.9 Å². The van der Waals surface area contributed by atoms with E-state index < -0.39 is 29.5 Å². The molecule has 1 unspecified atom stereocenters. The first-order valence-corrected chi connectivity index (χ1v) is 12.9. The van der Waals surface area contributed by atoms with Crippen LogP contribution in [0.4, 0.5) is 5.13 Å². The average Bonchev–Trinajstić information content (AvgIpc) is 3.57. The molecule has 1 fully saturated rings. The highest BCUT2D eigenvalue weighted by molar-refractivity contribution is 7.17. The normalized spacial score (nSPS) is 16.5. The molecule has 1 saturated heterocycles. The first kappa shape index (κ1) is 26.6. The molecule has 12 heteroatoms. The number of carbonyl (C=O) groups excluding carboxylic acids is 3. The lowest BCUT2D eigenvalue weighted by molar-refractivity contribution is -0.132. The van der Waals surface area contributed by atoms with E-state index in [-0.39, 0.29) is 39.4 Å². The summed E-state index contributed by atoms with van der Waals surface area (Å²) >= 11 is 0.880. The number of phenols is 1. The fraction of sp³-hybridized carbons (Fsp3) is 0.179. The number of pyridine rings is 1. The monoisotopic (exact) mass is 560 g/mol. The number of aliphatic hydroxyl groups is 1. The van der Waals surface area contributed by atoms with Crippen molar-refractivity contribution in [3.05, 3.63) is 88.3 Å². The number of ketones is 1. The summed E-state index contributed by atoms with van der Waals surface area (Å²) in [6, 6.07) is 8.44. The lowest BCUT2D eigenvalue weighted by Gasteiger charge is -2.23. The highest BCUT2D eigenvalue weighted by Gasteiger charge is 2.49. The summed E-state index contributed by atoms with van der Waals surface area (Å²) in [5.41, 5.74) is 1.66. The molecule has 4 heterocycles. The van der Waals surface area contributed by atoms with Crippen LogP contribution < -0.4 is 9.64 Å². The number of imidazole rings is 1. The van der Waals surface area contributed by atoms with Gasteiger partial charge in [-0.2, -0.15) is 0 Å². The number of benzene rings is 1. The number of aromatic nitrogens is 3. The maximum Gasteiger partial charge on any atom is 0.350 e. The number of amides is 1. The SMILES string of the molecule is C=CCOC(=O)c1sc(N2C(=O)C(=O)/C(=C(/O)c3c(C)nc4ccccn34)C2c2ccc(O)c(OC)c2)nc1C. The second-order valence-corrected chi connectivity index (χ2v) is 9.85. The smallest absolute Gasteiger partial charge is 0.350 e. The Bertz CT molecular complexity index is 1740. The van der Waals surface area contributed by atoms with Crippen LogP contribution in [0.1, 0.15) is 38.4 Å². The van der Waals surface area contributed by atoms with Gasteiger partial charge in [0.2, 0.25) is 0 Å². The van der Waals surface area contributed by atoms with Gasteiger partial charge in [-0.05, 0) is 43.7 Å². The Morgan fingerprint density at radius 3 is 2.67 bits per heavy atom. The third kappa shape index (κ3) is 4.28. The van der Waals surface area contributed by atoms with Crippen LogP contribution >= 0.6 is 11.3 Å². The zero-order chi connectivity index (χ0) is 28.7. The zero-order valence-corrected chi connectivity index (χ0v) is 22.6. The van der Waals surface area contributed by atoms with E-state index in [1.54, 1.807) is 42.6 Å². The van der Waals surface area contributed by atoms with Crippen molar-refractivity contribution in [1.82, 2.24) is 14.4 Å². The van der Waals surface area contributed by atoms with Crippen LogP contribution in [0.2, 0.25) is 0 Å². The predicted octanol–water partition coefficient (Wildman–Crippen LogP) is 4.09. The number of aliphatic hydroxyl groups excluding tert-OH is 1. The third-order valence-corrected chi connectivity index (χ3v) is 7.54. The van der Waals surface area contributed by atoms with Crippen LogP contribution in [0.15, 0.2) is 60.8 Å². The number of aromatic hydroxyl groups is 1. The average molecular weight is 561 g/mol. The number of esters is 1. The van der Waals surface area contributed by atoms with Gasteiger partial charge in [-0.3, -0.25) is 18.9 Å². The Kier molecular flexibility index (Phi) is 6.86. The number of phenolic OH excluding ortho intramolecular Hbond substituents is 1. The van der Waals surface area contributed by atoms with Crippen LogP contribution in [0.25, 0.3) is 11.4 Å². The molecule has 11 nitrogen and oxygen atoms in total. The van der Waals surface area contributed by atoms with Gasteiger partial charge in [0.05, 0.1) is 30.1 Å². The number of thiazole rings is 1. The number of fused-ring (bicyclic) bond motifs is 1. The van der Waals surface area contributed by atoms with E-state index in [0.717, 1.165) is 16.2 Å². The van der Waals surface area contributed by atoms with Crippen LogP contribution in [-0.4, -0.2) is 56.0 Å². The number of carbonyl (C=O) groups is 3. The minimum Gasteiger partial charge on any atom is -0.505 e. The van der Waals surface area contributed by atoms with E-state index >= 15 is 0 Å². The molecule has 2 N–H and O–H groups in total. The largest absolute Gasteiger partial charge is 0.505 e. The van der Waals surface area contributed by atoms with E-state index in [1.807, 2.05) is 0 Å². The number of hydrogen-bond acceptors (Lipinski definition) is 10. The summed E-state index contributed by atoms with van der Waals surface area (Å²) in [6.07, 6.45) is 3.11. The predicted molar refractivity (Wildman–Crippen MR) is 147 cm³/mol. The van der Waals surface area contributed by atoms with Gasteiger partial charge in [-0.1, -0.05) is 36.1 Å². The fourth-order valence-electron chi connectivity index (χ4n) is 4.61. The molecule has 0 spiro atoms. The second kappa shape index (κ2) is 10.3. The molecule has 1 aliphatic rings. The molecule has 204 valence electrons. The topological polar surface area (TPSA) is 144 Å². The van der Waals surface area contributed by atoms with Crippen molar-refractivity contribution in [2.75, 3.05) is 18.6 Å². The van der Waals surface area contributed by atoms with Crippen molar-refractivity contribution in [1.29, 1.82) is 0 Å². The second-order valence-electron chi connectivity index (χ2n) is 8.87. The number of hydrogen-bond donors (Lipinski definition) is 2. The number of Topliss-reactive ketones (excluding diaryl/α,β-unsaturated/α-hetero) is 1. The quantitative estimate of drug-likeness (QED) is 0.112. The molecule has 5 rings (SSSR count). The van der Waals surface area contributed by atoms with Gasteiger partial charge >= 0.3 is 11.9 Å². The molecule has 0 radical (unpaired) electrons. The standard InChI is InChI=1S/C28H24N4O7S/c1-5-12-39-27(37)25-15(3)30-28(40-25)32-22(16-9-10-17(33)18(13-16)38-4)20(24(35)26(32)36)23(34)21-14(2)29-19-8-6-7-11-31(19)21/h5-11,13,22,33-34H,1,12H2,2-4H3/b23-20+. The summed E-state index contributed by atoms with van der Waals surface area (Å²) in [6.45, 7) is 6.78. The van der Waals surface area contributed by atoms with E-state index in [1.165, 1.54) is 31.4 Å². The summed E-state index contributed by atoms with van der Waals surface area (Å²) in [4.78, 5) is 49.9. The highest BCUT2D eigenvalue weighted by atomic mass is 32.1. The summed E-state index contributed by atoms with van der Waals surface area (Å²) in [5.74, 6) is -3.06. The number of anilines is 1. The Morgan fingerprint density at radius 2 is 1.95 bits per heavy atom. The Hall–Kier alpha value is -4.97. The lowest BCUT2D eigenvalue weighted by atomic mass is 9.96. The Morgan fingerprint density at radius 1 is 1.18 bits per heavy atom. The van der Waals surface area contributed by atoms with Crippen molar-refractivity contribution in [3.8, 4) is 11.5 Å². The van der Waals surface area contributed by atoms with Crippen LogP contribution in [0, 0.1) is 13.8 Å². The maximum atomic E-state index is 13.6. The summed E-state index contributed by atoms with van der Waals surface area (Å²) in [7, 11) is 1.36.